The smallest absolute Gasteiger partial charge is 0.138 e. The topological polar surface area (TPSA) is 62.2 Å². The first-order valence-electron chi connectivity index (χ1n) is 9.59. The maximum Gasteiger partial charge on any atom is 0.138 e. The zero-order chi connectivity index (χ0) is 18.6. The summed E-state index contributed by atoms with van der Waals surface area (Å²) in [5.74, 6) is 0.293. The van der Waals surface area contributed by atoms with Crippen LogP contribution in [0.15, 0.2) is 24.3 Å². The van der Waals surface area contributed by atoms with Crippen molar-refractivity contribution in [1.29, 1.82) is 0 Å². The lowest BCUT2D eigenvalue weighted by Gasteiger charge is -2.13. The molecule has 6 heteroatoms. The average molecular weight is 401 g/mol. The highest BCUT2D eigenvalue weighted by atomic mass is 32.1. The molecule has 0 aliphatic carbocycles. The maximum absolute atomic E-state index is 12.6. The van der Waals surface area contributed by atoms with E-state index >= 15 is 0 Å². The molecule has 0 radical (unpaired) electrons. The Labute approximate surface area is 167 Å². The first-order chi connectivity index (χ1) is 13.3. The summed E-state index contributed by atoms with van der Waals surface area (Å²) in [6.07, 6.45) is 4.66. The number of carbonyl (C=O) groups is 1. The fraction of sp³-hybridized carbons (Fsp3) is 0.429. The molecule has 3 aromatic rings. The molecule has 0 amide bonds. The van der Waals surface area contributed by atoms with E-state index in [1.807, 2.05) is 12.1 Å². The van der Waals surface area contributed by atoms with Crippen LogP contribution in [-0.4, -0.2) is 29.0 Å². The number of aromatic nitrogens is 1. The number of nitrogens with zero attached hydrogens (tertiary/aromatic N) is 1. The molecule has 0 saturated carbocycles. The molecular formula is C21H24N2O2S2. The van der Waals surface area contributed by atoms with Crippen LogP contribution in [0.5, 0.6) is 0 Å². The lowest BCUT2D eigenvalue weighted by molar-refractivity contribution is -0.118. The van der Waals surface area contributed by atoms with Gasteiger partial charge < -0.3 is 10.4 Å². The van der Waals surface area contributed by atoms with Crippen LogP contribution in [0.4, 0.5) is 0 Å². The number of ketones is 1. The minimum absolute atomic E-state index is 0.209. The predicted octanol–water partition coefficient (Wildman–Crippen LogP) is 4.33. The Balaban J connectivity index is 1.63. The number of unbranched alkanes of at least 4 members (excludes halogenated alkanes) is 2. The van der Waals surface area contributed by atoms with Crippen molar-refractivity contribution in [2.24, 2.45) is 0 Å². The number of carbonyl (C=O) groups excluding carboxylic acids is 1. The van der Waals surface area contributed by atoms with Crippen molar-refractivity contribution in [3.63, 3.8) is 0 Å². The molecule has 0 spiro atoms. The summed E-state index contributed by atoms with van der Waals surface area (Å²) in [6, 6.07) is 8.24. The Hall–Kier alpha value is -1.60. The number of hydrogen-bond donors (Lipinski definition) is 2. The van der Waals surface area contributed by atoms with E-state index in [1.165, 1.54) is 25.6 Å². The second-order valence-electron chi connectivity index (χ2n) is 6.97. The average Bonchev–Trinajstić information content (AvgIpc) is 3.25. The number of benzene rings is 1. The third-order valence-corrected chi connectivity index (χ3v) is 7.27. The number of para-hydroxylation sites is 1. The summed E-state index contributed by atoms with van der Waals surface area (Å²) in [4.78, 5) is 20.0. The molecular weight excluding hydrogens is 376 g/mol. The molecule has 0 bridgehead atoms. The number of thiazole rings is 1. The van der Waals surface area contributed by atoms with Crippen molar-refractivity contribution in [2.75, 3.05) is 13.2 Å². The van der Waals surface area contributed by atoms with E-state index in [0.29, 0.717) is 18.6 Å². The summed E-state index contributed by atoms with van der Waals surface area (Å²) in [7, 11) is 0. The van der Waals surface area contributed by atoms with Crippen molar-refractivity contribution < 1.29 is 9.90 Å². The highest BCUT2D eigenvalue weighted by molar-refractivity contribution is 7.22. The second-order valence-corrected chi connectivity index (χ2v) is 9.19. The molecule has 4 rings (SSSR count). The molecule has 2 N–H and O–H groups in total. The standard InChI is InChI=1S/C21H24N2O2S2/c24-11-5-1-2-6-14(25)12-18-20(15-9-10-22-13-19(15)26-18)21-23-16-7-3-4-8-17(16)27-21/h3-4,7-8,22,24H,1-2,5-6,9-13H2. The minimum atomic E-state index is 0.209. The van der Waals surface area contributed by atoms with Gasteiger partial charge in [0.1, 0.15) is 10.8 Å². The number of nitrogens with one attached hydrogen (secondary N) is 1. The molecule has 0 fully saturated rings. The number of thiophene rings is 1. The van der Waals surface area contributed by atoms with Gasteiger partial charge in [0.05, 0.1) is 10.2 Å². The Bertz CT molecular complexity index is 912. The highest BCUT2D eigenvalue weighted by Crippen LogP contribution is 2.41. The van der Waals surface area contributed by atoms with E-state index in [0.717, 1.165) is 49.3 Å². The van der Waals surface area contributed by atoms with Gasteiger partial charge in [0.2, 0.25) is 0 Å². The van der Waals surface area contributed by atoms with E-state index in [2.05, 4.69) is 17.4 Å². The molecule has 1 aliphatic heterocycles. The molecule has 4 nitrogen and oxygen atoms in total. The van der Waals surface area contributed by atoms with Gasteiger partial charge in [-0.25, -0.2) is 4.98 Å². The minimum Gasteiger partial charge on any atom is -0.396 e. The molecule has 0 saturated heterocycles. The number of fused-ring (bicyclic) bond motifs is 2. The SMILES string of the molecule is O=C(CCCCCO)Cc1sc2c(c1-c1nc3ccccc3s1)CCNC2. The van der Waals surface area contributed by atoms with Gasteiger partial charge >= 0.3 is 0 Å². The molecule has 2 aromatic heterocycles. The van der Waals surface area contributed by atoms with Gasteiger partial charge in [-0.1, -0.05) is 18.6 Å². The van der Waals surface area contributed by atoms with E-state index in [9.17, 15) is 4.79 Å². The molecule has 0 atom stereocenters. The van der Waals surface area contributed by atoms with Crippen molar-refractivity contribution in [3.8, 4) is 10.6 Å². The fourth-order valence-corrected chi connectivity index (χ4v) is 6.11. The van der Waals surface area contributed by atoms with Crippen molar-refractivity contribution in [3.05, 3.63) is 39.6 Å². The Morgan fingerprint density at radius 2 is 2.07 bits per heavy atom. The van der Waals surface area contributed by atoms with E-state index in [4.69, 9.17) is 10.1 Å². The maximum atomic E-state index is 12.6. The van der Waals surface area contributed by atoms with Crippen molar-refractivity contribution >= 4 is 38.7 Å². The summed E-state index contributed by atoms with van der Waals surface area (Å²) < 4.78 is 1.20. The van der Waals surface area contributed by atoms with Crippen LogP contribution in [0.25, 0.3) is 20.8 Å². The molecule has 1 aromatic carbocycles. The van der Waals surface area contributed by atoms with Gasteiger partial charge in [-0.3, -0.25) is 4.79 Å². The van der Waals surface area contributed by atoms with Crippen LogP contribution < -0.4 is 5.32 Å². The molecule has 3 heterocycles. The number of aliphatic hydroxyl groups excluding tert-OH is 1. The first-order valence-corrected chi connectivity index (χ1v) is 11.2. The predicted molar refractivity (Wildman–Crippen MR) is 113 cm³/mol. The van der Waals surface area contributed by atoms with Crippen molar-refractivity contribution in [2.45, 2.75) is 45.1 Å². The number of aliphatic hydroxyl groups is 1. The van der Waals surface area contributed by atoms with Crippen LogP contribution in [0.1, 0.15) is 41.0 Å². The van der Waals surface area contributed by atoms with Crippen molar-refractivity contribution in [1.82, 2.24) is 10.3 Å². The lowest BCUT2D eigenvalue weighted by Crippen LogP contribution is -2.22. The number of hydrogen-bond acceptors (Lipinski definition) is 6. The molecule has 142 valence electrons. The zero-order valence-corrected chi connectivity index (χ0v) is 16.9. The van der Waals surface area contributed by atoms with Gasteiger partial charge in [0.25, 0.3) is 0 Å². The molecule has 1 aliphatic rings. The van der Waals surface area contributed by atoms with Crippen LogP contribution in [0, 0.1) is 0 Å². The van der Waals surface area contributed by atoms with Crippen LogP contribution >= 0.6 is 22.7 Å². The zero-order valence-electron chi connectivity index (χ0n) is 15.3. The van der Waals surface area contributed by atoms with E-state index < -0.39 is 0 Å². The fourth-order valence-electron chi connectivity index (χ4n) is 3.62. The van der Waals surface area contributed by atoms with Crippen LogP contribution in [-0.2, 0) is 24.2 Å². The van der Waals surface area contributed by atoms with Crippen LogP contribution in [0.3, 0.4) is 0 Å². The monoisotopic (exact) mass is 400 g/mol. The summed E-state index contributed by atoms with van der Waals surface area (Å²) in [5.41, 5.74) is 3.65. The number of Topliss-reactive ketones (excluding diaryl/α,β-unsaturated/α-hetero) is 1. The van der Waals surface area contributed by atoms with Gasteiger partial charge in [-0.15, -0.1) is 22.7 Å². The summed E-state index contributed by atoms with van der Waals surface area (Å²) >= 11 is 3.51. The Morgan fingerprint density at radius 1 is 1.19 bits per heavy atom. The third kappa shape index (κ3) is 4.14. The van der Waals surface area contributed by atoms with E-state index in [1.54, 1.807) is 22.7 Å². The largest absolute Gasteiger partial charge is 0.396 e. The quantitative estimate of drug-likeness (QED) is 0.552. The summed E-state index contributed by atoms with van der Waals surface area (Å²) in [6.45, 7) is 2.08. The summed E-state index contributed by atoms with van der Waals surface area (Å²) in [5, 5.41) is 13.4. The lowest BCUT2D eigenvalue weighted by atomic mass is 10.00. The molecule has 27 heavy (non-hydrogen) atoms. The van der Waals surface area contributed by atoms with Crippen LogP contribution in [0.2, 0.25) is 0 Å². The molecule has 0 unspecified atom stereocenters. The highest BCUT2D eigenvalue weighted by Gasteiger charge is 2.24. The Morgan fingerprint density at radius 3 is 2.93 bits per heavy atom. The third-order valence-electron chi connectivity index (χ3n) is 4.98. The number of rotatable bonds is 8. The van der Waals surface area contributed by atoms with E-state index in [-0.39, 0.29) is 6.61 Å². The normalized spacial score (nSPS) is 13.8. The Kier molecular flexibility index (Phi) is 5.98. The van der Waals surface area contributed by atoms with Gasteiger partial charge in [0, 0.05) is 41.3 Å². The van der Waals surface area contributed by atoms with Gasteiger partial charge in [0.15, 0.2) is 0 Å². The van der Waals surface area contributed by atoms with Gasteiger partial charge in [-0.05, 0) is 43.5 Å². The first kappa shape index (κ1) is 18.7. The van der Waals surface area contributed by atoms with Gasteiger partial charge in [-0.2, -0.15) is 0 Å². The second kappa shape index (κ2) is 8.61.